The van der Waals surface area contributed by atoms with Crippen molar-refractivity contribution in [2.24, 2.45) is 11.8 Å². The van der Waals surface area contributed by atoms with Crippen LogP contribution < -0.4 is 10.6 Å². The SMILES string of the molecule is CCOC(=O)C1CCCN(CC(=O)Nc2ccccc2C(=O)NCC(C)C)C1. The highest BCUT2D eigenvalue weighted by Crippen LogP contribution is 2.19. The molecule has 0 saturated carbocycles. The molecule has 0 bridgehead atoms. The van der Waals surface area contributed by atoms with Gasteiger partial charge in [0.2, 0.25) is 5.91 Å². The normalized spacial score (nSPS) is 17.2. The molecule has 0 spiro atoms. The fourth-order valence-electron chi connectivity index (χ4n) is 3.23. The first-order valence-corrected chi connectivity index (χ1v) is 9.96. The fraction of sp³-hybridized carbons (Fsp3) is 0.571. The summed E-state index contributed by atoms with van der Waals surface area (Å²) in [6.45, 7) is 8.24. The van der Waals surface area contributed by atoms with Crippen molar-refractivity contribution < 1.29 is 19.1 Å². The largest absolute Gasteiger partial charge is 0.466 e. The number of nitrogens with one attached hydrogen (secondary N) is 2. The van der Waals surface area contributed by atoms with Crippen LogP contribution in [0.15, 0.2) is 24.3 Å². The number of nitrogens with zero attached hydrogens (tertiary/aromatic N) is 1. The first-order chi connectivity index (χ1) is 13.4. The Balaban J connectivity index is 1.94. The van der Waals surface area contributed by atoms with Crippen LogP contribution in [-0.2, 0) is 14.3 Å². The Bertz CT molecular complexity index is 690. The molecular formula is C21H31N3O4. The van der Waals surface area contributed by atoms with Gasteiger partial charge in [-0.3, -0.25) is 19.3 Å². The second-order valence-electron chi connectivity index (χ2n) is 7.52. The van der Waals surface area contributed by atoms with E-state index in [9.17, 15) is 14.4 Å². The predicted octanol–water partition coefficient (Wildman–Crippen LogP) is 2.29. The molecular weight excluding hydrogens is 358 g/mol. The van der Waals surface area contributed by atoms with Crippen molar-refractivity contribution in [3.63, 3.8) is 0 Å². The van der Waals surface area contributed by atoms with Crippen molar-refractivity contribution in [2.45, 2.75) is 33.6 Å². The Labute approximate surface area is 166 Å². The molecule has 0 aliphatic carbocycles. The van der Waals surface area contributed by atoms with E-state index in [2.05, 4.69) is 10.6 Å². The maximum Gasteiger partial charge on any atom is 0.310 e. The fourth-order valence-corrected chi connectivity index (χ4v) is 3.23. The summed E-state index contributed by atoms with van der Waals surface area (Å²) in [6, 6.07) is 6.98. The van der Waals surface area contributed by atoms with Gasteiger partial charge in [-0.2, -0.15) is 0 Å². The highest BCUT2D eigenvalue weighted by atomic mass is 16.5. The predicted molar refractivity (Wildman–Crippen MR) is 108 cm³/mol. The lowest BCUT2D eigenvalue weighted by Gasteiger charge is -2.30. The second kappa shape index (κ2) is 10.8. The number of anilines is 1. The van der Waals surface area contributed by atoms with E-state index < -0.39 is 0 Å². The van der Waals surface area contributed by atoms with Crippen LogP contribution in [0.4, 0.5) is 5.69 Å². The molecule has 154 valence electrons. The highest BCUT2D eigenvalue weighted by molar-refractivity contribution is 6.04. The van der Waals surface area contributed by atoms with Crippen molar-refractivity contribution in [2.75, 3.05) is 38.1 Å². The van der Waals surface area contributed by atoms with Gasteiger partial charge in [-0.1, -0.05) is 26.0 Å². The molecule has 7 heteroatoms. The Hall–Kier alpha value is -2.41. The van der Waals surface area contributed by atoms with E-state index in [1.165, 1.54) is 0 Å². The van der Waals surface area contributed by atoms with Crippen molar-refractivity contribution in [3.05, 3.63) is 29.8 Å². The molecule has 2 amide bonds. The Morgan fingerprint density at radius 3 is 2.71 bits per heavy atom. The number of rotatable bonds is 8. The molecule has 1 aliphatic heterocycles. The molecule has 1 saturated heterocycles. The summed E-state index contributed by atoms with van der Waals surface area (Å²) >= 11 is 0. The smallest absolute Gasteiger partial charge is 0.310 e. The van der Waals surface area contributed by atoms with Gasteiger partial charge < -0.3 is 15.4 Å². The molecule has 0 radical (unpaired) electrons. The maximum absolute atomic E-state index is 12.5. The third kappa shape index (κ3) is 6.64. The minimum atomic E-state index is -0.204. The molecule has 1 heterocycles. The van der Waals surface area contributed by atoms with E-state index in [0.29, 0.717) is 36.9 Å². The van der Waals surface area contributed by atoms with Crippen LogP contribution in [0.3, 0.4) is 0 Å². The van der Waals surface area contributed by atoms with Gasteiger partial charge in [0.15, 0.2) is 0 Å². The van der Waals surface area contributed by atoms with Crippen molar-refractivity contribution in [1.82, 2.24) is 10.2 Å². The number of hydrogen-bond acceptors (Lipinski definition) is 5. The zero-order chi connectivity index (χ0) is 20.5. The summed E-state index contributed by atoms with van der Waals surface area (Å²) in [5, 5.41) is 5.71. The van der Waals surface area contributed by atoms with E-state index in [1.807, 2.05) is 18.7 Å². The van der Waals surface area contributed by atoms with E-state index in [-0.39, 0.29) is 30.2 Å². The lowest BCUT2D eigenvalue weighted by molar-refractivity contribution is -0.150. The van der Waals surface area contributed by atoms with Crippen LogP contribution in [0.2, 0.25) is 0 Å². The maximum atomic E-state index is 12.5. The number of hydrogen-bond donors (Lipinski definition) is 2. The summed E-state index contributed by atoms with van der Waals surface area (Å²) in [7, 11) is 0. The minimum Gasteiger partial charge on any atom is -0.466 e. The lowest BCUT2D eigenvalue weighted by Crippen LogP contribution is -2.43. The van der Waals surface area contributed by atoms with Crippen LogP contribution in [0.25, 0.3) is 0 Å². The summed E-state index contributed by atoms with van der Waals surface area (Å²) in [5.74, 6) is -0.439. The van der Waals surface area contributed by atoms with Gasteiger partial charge in [0.25, 0.3) is 5.91 Å². The van der Waals surface area contributed by atoms with E-state index in [0.717, 1.165) is 19.4 Å². The molecule has 1 aromatic rings. The molecule has 1 aromatic carbocycles. The van der Waals surface area contributed by atoms with Gasteiger partial charge >= 0.3 is 5.97 Å². The van der Waals surface area contributed by atoms with Crippen LogP contribution in [0.1, 0.15) is 44.0 Å². The number of amides is 2. The zero-order valence-corrected chi connectivity index (χ0v) is 17.0. The van der Waals surface area contributed by atoms with Crippen LogP contribution >= 0.6 is 0 Å². The average molecular weight is 389 g/mol. The molecule has 1 fully saturated rings. The van der Waals surface area contributed by atoms with Crippen molar-refractivity contribution in [3.8, 4) is 0 Å². The molecule has 7 nitrogen and oxygen atoms in total. The van der Waals surface area contributed by atoms with Gasteiger partial charge in [0.05, 0.1) is 30.3 Å². The zero-order valence-electron chi connectivity index (χ0n) is 17.0. The number of piperidine rings is 1. The quantitative estimate of drug-likeness (QED) is 0.666. The summed E-state index contributed by atoms with van der Waals surface area (Å²) in [5.41, 5.74) is 0.937. The number of benzene rings is 1. The van der Waals surface area contributed by atoms with Crippen LogP contribution in [0, 0.1) is 11.8 Å². The lowest BCUT2D eigenvalue weighted by atomic mass is 9.98. The molecule has 1 atom stereocenters. The Morgan fingerprint density at radius 2 is 2.00 bits per heavy atom. The third-order valence-electron chi connectivity index (χ3n) is 4.61. The monoisotopic (exact) mass is 389 g/mol. The van der Waals surface area contributed by atoms with Gasteiger partial charge in [-0.05, 0) is 44.4 Å². The number of esters is 1. The van der Waals surface area contributed by atoms with Crippen LogP contribution in [-0.4, -0.2) is 55.5 Å². The van der Waals surface area contributed by atoms with Crippen LogP contribution in [0.5, 0.6) is 0 Å². The summed E-state index contributed by atoms with van der Waals surface area (Å²) < 4.78 is 5.10. The first-order valence-electron chi connectivity index (χ1n) is 9.96. The highest BCUT2D eigenvalue weighted by Gasteiger charge is 2.28. The topological polar surface area (TPSA) is 87.7 Å². The molecule has 0 aromatic heterocycles. The number of carbonyl (C=O) groups is 3. The van der Waals surface area contributed by atoms with Gasteiger partial charge in [0, 0.05) is 13.1 Å². The number of ether oxygens (including phenoxy) is 1. The van der Waals surface area contributed by atoms with Gasteiger partial charge in [0.1, 0.15) is 0 Å². The second-order valence-corrected chi connectivity index (χ2v) is 7.52. The van der Waals surface area contributed by atoms with E-state index in [1.54, 1.807) is 31.2 Å². The standard InChI is InChI=1S/C21H31N3O4/c1-4-28-21(27)16-8-7-11-24(13-16)14-19(25)23-18-10-6-5-9-17(18)20(26)22-12-15(2)3/h5-6,9-10,15-16H,4,7-8,11-14H2,1-3H3,(H,22,26)(H,23,25). The molecule has 1 unspecified atom stereocenters. The number of likely N-dealkylation sites (tertiary alicyclic amines) is 1. The number of para-hydroxylation sites is 1. The summed E-state index contributed by atoms with van der Waals surface area (Å²) in [4.78, 5) is 38.8. The molecule has 2 rings (SSSR count). The molecule has 2 N–H and O–H groups in total. The molecule has 28 heavy (non-hydrogen) atoms. The Kier molecular flexibility index (Phi) is 8.44. The van der Waals surface area contributed by atoms with Gasteiger partial charge in [-0.15, -0.1) is 0 Å². The Morgan fingerprint density at radius 1 is 1.25 bits per heavy atom. The number of carbonyl (C=O) groups excluding carboxylic acids is 3. The minimum absolute atomic E-state index is 0.178. The van der Waals surface area contributed by atoms with Crippen molar-refractivity contribution in [1.29, 1.82) is 0 Å². The van der Waals surface area contributed by atoms with Crippen molar-refractivity contribution >= 4 is 23.5 Å². The third-order valence-corrected chi connectivity index (χ3v) is 4.61. The van der Waals surface area contributed by atoms with Gasteiger partial charge in [-0.25, -0.2) is 0 Å². The average Bonchev–Trinajstić information content (AvgIpc) is 2.67. The van der Waals surface area contributed by atoms with E-state index in [4.69, 9.17) is 4.74 Å². The molecule has 1 aliphatic rings. The first kappa shape index (κ1) is 21.9. The summed E-state index contributed by atoms with van der Waals surface area (Å²) in [6.07, 6.45) is 1.64. The van der Waals surface area contributed by atoms with E-state index >= 15 is 0 Å².